The fraction of sp³-hybridized carbons (Fsp3) is 0.235. The van der Waals surface area contributed by atoms with Crippen LogP contribution in [0, 0.1) is 24.0 Å². The van der Waals surface area contributed by atoms with Crippen molar-refractivity contribution in [3.8, 4) is 11.1 Å². The Kier molecular flexibility index (Phi) is 5.11. The molecule has 8 heteroatoms. The first-order valence-electron chi connectivity index (χ1n) is 7.25. The minimum atomic E-state index is -0.747. The molecule has 1 heterocycles. The highest BCUT2D eigenvalue weighted by Gasteiger charge is 2.30. The Labute approximate surface area is 143 Å². The summed E-state index contributed by atoms with van der Waals surface area (Å²) in [6.07, 6.45) is 0. The van der Waals surface area contributed by atoms with Crippen molar-refractivity contribution in [2.75, 3.05) is 14.2 Å². The number of carbonyl (C=O) groups excluding carboxylic acids is 2. The molecule has 2 aromatic rings. The minimum Gasteiger partial charge on any atom is -0.465 e. The highest BCUT2D eigenvalue weighted by atomic mass is 16.6. The molecular formula is C17H16N2O6. The number of methoxy groups -OCH3 is 2. The van der Waals surface area contributed by atoms with Gasteiger partial charge in [-0.25, -0.2) is 9.59 Å². The molecule has 0 saturated heterocycles. The van der Waals surface area contributed by atoms with Crippen molar-refractivity contribution in [2.45, 2.75) is 13.8 Å². The van der Waals surface area contributed by atoms with Crippen LogP contribution in [0.2, 0.25) is 0 Å². The molecule has 0 unspecified atom stereocenters. The smallest absolute Gasteiger partial charge is 0.340 e. The maximum Gasteiger partial charge on any atom is 0.340 e. The molecule has 8 nitrogen and oxygen atoms in total. The van der Waals surface area contributed by atoms with E-state index >= 15 is 0 Å². The second-order valence-corrected chi connectivity index (χ2v) is 5.17. The number of benzene rings is 1. The quantitative estimate of drug-likeness (QED) is 0.360. The third-order valence-electron chi connectivity index (χ3n) is 3.71. The molecule has 0 bridgehead atoms. The van der Waals surface area contributed by atoms with Crippen molar-refractivity contribution in [2.24, 2.45) is 0 Å². The first-order valence-corrected chi connectivity index (χ1v) is 7.25. The van der Waals surface area contributed by atoms with E-state index < -0.39 is 16.9 Å². The number of para-hydroxylation sites is 1. The predicted molar refractivity (Wildman–Crippen MR) is 88.5 cm³/mol. The molecule has 130 valence electrons. The molecule has 0 aliphatic carbocycles. The molecule has 25 heavy (non-hydrogen) atoms. The second kappa shape index (κ2) is 7.08. The van der Waals surface area contributed by atoms with Gasteiger partial charge in [-0.1, -0.05) is 12.1 Å². The summed E-state index contributed by atoms with van der Waals surface area (Å²) in [6.45, 7) is 3.14. The molecule has 0 N–H and O–H groups in total. The van der Waals surface area contributed by atoms with Crippen LogP contribution in [0.15, 0.2) is 24.3 Å². The number of nitro benzene ring substituents is 1. The van der Waals surface area contributed by atoms with Gasteiger partial charge >= 0.3 is 11.9 Å². The van der Waals surface area contributed by atoms with Crippen LogP contribution in [0.5, 0.6) is 0 Å². The van der Waals surface area contributed by atoms with Crippen LogP contribution in [0.25, 0.3) is 11.1 Å². The Hall–Kier alpha value is -3.29. The largest absolute Gasteiger partial charge is 0.465 e. The van der Waals surface area contributed by atoms with Gasteiger partial charge in [-0.2, -0.15) is 0 Å². The molecule has 0 fully saturated rings. The lowest BCUT2D eigenvalue weighted by atomic mass is 10.1. The van der Waals surface area contributed by atoms with Crippen molar-refractivity contribution in [3.05, 3.63) is 56.9 Å². The number of esters is 2. The molecular weight excluding hydrogens is 336 g/mol. The highest BCUT2D eigenvalue weighted by molar-refractivity contribution is 6.08. The van der Waals surface area contributed by atoms with E-state index in [0.29, 0.717) is 11.4 Å². The molecule has 0 aliphatic heterocycles. The molecule has 0 amide bonds. The summed E-state index contributed by atoms with van der Waals surface area (Å²) in [5.74, 6) is -1.49. The van der Waals surface area contributed by atoms with E-state index in [9.17, 15) is 19.7 Å². The molecule has 1 aromatic carbocycles. The standard InChI is InChI=1S/C17H16N2O6/c1-9-13(16(20)24-3)15(14(10(2)18-9)17(21)25-4)11-7-5-6-8-12(11)19(22)23/h5-8H,1-4H3/i1+1,2+1,9+1,10+1,13+1,14+1,16+1,17+1. The number of aromatic nitrogens is 1. The number of hydrogen-bond acceptors (Lipinski definition) is 7. The molecule has 1 aromatic heterocycles. The van der Waals surface area contributed by atoms with Crippen molar-refractivity contribution < 1.29 is 24.0 Å². The van der Waals surface area contributed by atoms with E-state index in [1.54, 1.807) is 19.9 Å². The molecule has 2 rings (SSSR count). The zero-order valence-electron chi connectivity index (χ0n) is 14.2. The Bertz CT molecular complexity index is 835. The third-order valence-corrected chi connectivity index (χ3v) is 3.71. The topological polar surface area (TPSA) is 109 Å². The van der Waals surface area contributed by atoms with Gasteiger partial charge in [0.2, 0.25) is 0 Å². The van der Waals surface area contributed by atoms with E-state index in [1.165, 1.54) is 32.4 Å². The van der Waals surface area contributed by atoms with Gasteiger partial charge in [0.05, 0.1) is 47.2 Å². The monoisotopic (exact) mass is 352 g/mol. The van der Waals surface area contributed by atoms with E-state index in [0.717, 1.165) is 0 Å². The molecule has 0 radical (unpaired) electrons. The number of aryl methyl sites for hydroxylation is 2. The Morgan fingerprint density at radius 3 is 1.92 bits per heavy atom. The SMILES string of the molecule is CO[13C](=O)[13c]1c(-c2ccccc2[N+](=O)[O-])[13c]([13C](=O)OC)[13c]([13CH3])n[13c]1[13CH3]. The lowest BCUT2D eigenvalue weighted by molar-refractivity contribution is -0.384. The minimum absolute atomic E-state index is 0.0113. The fourth-order valence-electron chi connectivity index (χ4n) is 2.67. The lowest BCUT2D eigenvalue weighted by Gasteiger charge is -2.16. The molecule has 0 aliphatic rings. The van der Waals surface area contributed by atoms with Gasteiger partial charge in [-0.15, -0.1) is 0 Å². The number of rotatable bonds is 4. The van der Waals surface area contributed by atoms with Crippen LogP contribution in [-0.4, -0.2) is 36.1 Å². The molecule has 0 atom stereocenters. The summed E-state index contributed by atoms with van der Waals surface area (Å²) in [5, 5.41) is 11.4. The van der Waals surface area contributed by atoms with E-state index in [4.69, 9.17) is 9.47 Å². The lowest BCUT2D eigenvalue weighted by Crippen LogP contribution is -2.16. The zero-order chi connectivity index (χ0) is 18.7. The van der Waals surface area contributed by atoms with Crippen LogP contribution in [0.4, 0.5) is 5.69 Å². The first kappa shape index (κ1) is 18.1. The summed E-state index contributed by atoms with van der Waals surface area (Å²) < 4.78 is 9.57. The third kappa shape index (κ3) is 3.18. The summed E-state index contributed by atoms with van der Waals surface area (Å²) in [5.41, 5.74) is 0.515. The molecule has 0 saturated carbocycles. The van der Waals surface area contributed by atoms with Crippen LogP contribution < -0.4 is 0 Å². The van der Waals surface area contributed by atoms with Gasteiger partial charge in [-0.3, -0.25) is 15.1 Å². The first-order chi connectivity index (χ1) is 11.8. The number of pyridine rings is 1. The number of nitro groups is 1. The second-order valence-electron chi connectivity index (χ2n) is 5.17. The van der Waals surface area contributed by atoms with Crippen LogP contribution in [-0.2, 0) is 9.47 Å². The van der Waals surface area contributed by atoms with Crippen molar-refractivity contribution in [3.63, 3.8) is 0 Å². The van der Waals surface area contributed by atoms with Crippen LogP contribution in [0.3, 0.4) is 0 Å². The maximum absolute atomic E-state index is 12.3. The fourth-order valence-corrected chi connectivity index (χ4v) is 2.67. The number of carbonyl (C=O) groups is 2. The Morgan fingerprint density at radius 1 is 1.00 bits per heavy atom. The van der Waals surface area contributed by atoms with Crippen molar-refractivity contribution in [1.29, 1.82) is 0 Å². The maximum atomic E-state index is 12.3. The van der Waals surface area contributed by atoms with Crippen molar-refractivity contribution >= 4 is 17.6 Å². The van der Waals surface area contributed by atoms with E-state index in [1.807, 2.05) is 0 Å². The van der Waals surface area contributed by atoms with Gasteiger partial charge < -0.3 is 9.47 Å². The number of ether oxygens (including phenoxy) is 2. The van der Waals surface area contributed by atoms with Crippen molar-refractivity contribution in [1.82, 2.24) is 4.98 Å². The zero-order valence-corrected chi connectivity index (χ0v) is 14.2. The molecule has 0 spiro atoms. The normalized spacial score (nSPS) is 10.2. The van der Waals surface area contributed by atoms with Gasteiger partial charge in [-0.05, 0) is 19.9 Å². The number of hydrogen-bond donors (Lipinski definition) is 0. The Balaban J connectivity index is 3.03. The van der Waals surface area contributed by atoms with Gasteiger partial charge in [0, 0.05) is 11.6 Å². The van der Waals surface area contributed by atoms with Gasteiger partial charge in [0.15, 0.2) is 0 Å². The average Bonchev–Trinajstić information content (AvgIpc) is 2.59. The predicted octanol–water partition coefficient (Wildman–Crippen LogP) is 2.85. The summed E-state index contributed by atoms with van der Waals surface area (Å²) in [4.78, 5) is 39.6. The van der Waals surface area contributed by atoms with E-state index in [2.05, 4.69) is 4.98 Å². The van der Waals surface area contributed by atoms with Gasteiger partial charge in [0.25, 0.3) is 5.69 Å². The van der Waals surface area contributed by atoms with Crippen LogP contribution >= 0.6 is 0 Å². The number of nitrogens with zero attached hydrogens (tertiary/aromatic N) is 2. The van der Waals surface area contributed by atoms with Gasteiger partial charge in [0.1, 0.15) is 0 Å². The average molecular weight is 352 g/mol. The Morgan fingerprint density at radius 2 is 1.48 bits per heavy atom. The summed E-state index contributed by atoms with van der Waals surface area (Å²) >= 11 is 0. The summed E-state index contributed by atoms with van der Waals surface area (Å²) in [6, 6.07) is 5.83. The summed E-state index contributed by atoms with van der Waals surface area (Å²) in [7, 11) is 2.37. The van der Waals surface area contributed by atoms with E-state index in [-0.39, 0.29) is 27.9 Å². The highest BCUT2D eigenvalue weighted by Crippen LogP contribution is 2.37. The van der Waals surface area contributed by atoms with Crippen LogP contribution in [0.1, 0.15) is 32.1 Å².